The van der Waals surface area contributed by atoms with Crippen molar-refractivity contribution in [3.05, 3.63) is 53.9 Å². The molecule has 0 bridgehead atoms. The zero-order valence-electron chi connectivity index (χ0n) is 10.9. The molecule has 0 amide bonds. The van der Waals surface area contributed by atoms with Crippen LogP contribution in [0.4, 0.5) is 5.69 Å². The van der Waals surface area contributed by atoms with E-state index in [0.29, 0.717) is 6.04 Å². The van der Waals surface area contributed by atoms with E-state index in [-0.39, 0.29) is 0 Å². The van der Waals surface area contributed by atoms with Gasteiger partial charge in [-0.1, -0.05) is 12.1 Å². The highest BCUT2D eigenvalue weighted by Crippen LogP contribution is 2.26. The summed E-state index contributed by atoms with van der Waals surface area (Å²) in [4.78, 5) is 2.13. The molecular formula is C15H19N3. The van der Waals surface area contributed by atoms with Crippen molar-refractivity contribution in [2.45, 2.75) is 12.6 Å². The number of fused-ring (bicyclic) bond motifs is 1. The van der Waals surface area contributed by atoms with Crippen LogP contribution < -0.4 is 10.2 Å². The molecule has 1 N–H and O–H groups in total. The van der Waals surface area contributed by atoms with Gasteiger partial charge in [-0.15, -0.1) is 0 Å². The maximum absolute atomic E-state index is 3.59. The summed E-state index contributed by atoms with van der Waals surface area (Å²) < 4.78 is 2.33. The normalized spacial score (nSPS) is 18.4. The van der Waals surface area contributed by atoms with E-state index in [2.05, 4.69) is 71.5 Å². The van der Waals surface area contributed by atoms with Gasteiger partial charge in [-0.05, 0) is 29.8 Å². The van der Waals surface area contributed by atoms with Gasteiger partial charge in [0, 0.05) is 44.8 Å². The Morgan fingerprint density at radius 2 is 1.94 bits per heavy atom. The molecule has 3 nitrogen and oxygen atoms in total. The molecule has 3 rings (SSSR count). The Kier molecular flexibility index (Phi) is 2.84. The fourth-order valence-electron chi connectivity index (χ4n) is 2.58. The largest absolute Gasteiger partial charge is 0.378 e. The van der Waals surface area contributed by atoms with Crippen molar-refractivity contribution in [2.24, 2.45) is 0 Å². The van der Waals surface area contributed by atoms with Crippen LogP contribution in [0.2, 0.25) is 0 Å². The third-order valence-electron chi connectivity index (χ3n) is 3.60. The van der Waals surface area contributed by atoms with Gasteiger partial charge in [0.2, 0.25) is 0 Å². The second-order valence-electron chi connectivity index (χ2n) is 5.00. The second-order valence-corrected chi connectivity index (χ2v) is 5.00. The van der Waals surface area contributed by atoms with E-state index in [9.17, 15) is 0 Å². The van der Waals surface area contributed by atoms with Crippen molar-refractivity contribution in [3.8, 4) is 0 Å². The molecule has 1 aromatic carbocycles. The Morgan fingerprint density at radius 1 is 1.17 bits per heavy atom. The van der Waals surface area contributed by atoms with Crippen molar-refractivity contribution in [1.82, 2.24) is 9.88 Å². The number of hydrogen-bond acceptors (Lipinski definition) is 2. The average Bonchev–Trinajstić information content (AvgIpc) is 2.87. The highest BCUT2D eigenvalue weighted by Gasteiger charge is 2.20. The Labute approximate surface area is 108 Å². The highest BCUT2D eigenvalue weighted by atomic mass is 15.1. The maximum atomic E-state index is 3.59. The molecule has 94 valence electrons. The van der Waals surface area contributed by atoms with Crippen LogP contribution in [0.5, 0.6) is 0 Å². The van der Waals surface area contributed by atoms with Crippen LogP contribution in [0.1, 0.15) is 17.3 Å². The molecule has 1 aliphatic rings. The fourth-order valence-corrected chi connectivity index (χ4v) is 2.58. The first kappa shape index (κ1) is 11.4. The molecule has 1 aromatic heterocycles. The lowest BCUT2D eigenvalue weighted by atomic mass is 10.0. The van der Waals surface area contributed by atoms with Crippen LogP contribution in [-0.2, 0) is 6.54 Å². The number of nitrogens with one attached hydrogen (secondary N) is 1. The second kappa shape index (κ2) is 4.50. The quantitative estimate of drug-likeness (QED) is 0.870. The first-order valence-corrected chi connectivity index (χ1v) is 6.41. The molecule has 0 spiro atoms. The van der Waals surface area contributed by atoms with Crippen LogP contribution in [-0.4, -0.2) is 25.2 Å². The summed E-state index contributed by atoms with van der Waals surface area (Å²) in [5, 5.41) is 3.59. The summed E-state index contributed by atoms with van der Waals surface area (Å²) in [6.45, 7) is 2.09. The minimum Gasteiger partial charge on any atom is -0.378 e. The number of nitrogens with zero attached hydrogens (tertiary/aromatic N) is 2. The number of rotatable bonds is 2. The summed E-state index contributed by atoms with van der Waals surface area (Å²) in [5.41, 5.74) is 3.93. The zero-order valence-corrected chi connectivity index (χ0v) is 10.9. The SMILES string of the molecule is CN(C)c1ccc([C@@H]2NCCn3cccc32)cc1. The summed E-state index contributed by atoms with van der Waals surface area (Å²) in [6, 6.07) is 13.5. The van der Waals surface area contributed by atoms with Gasteiger partial charge in [0.25, 0.3) is 0 Å². The molecule has 0 saturated carbocycles. The molecule has 3 heteroatoms. The lowest BCUT2D eigenvalue weighted by molar-refractivity contribution is 0.467. The predicted molar refractivity (Wildman–Crippen MR) is 75.0 cm³/mol. The van der Waals surface area contributed by atoms with Gasteiger partial charge < -0.3 is 14.8 Å². The fraction of sp³-hybridized carbons (Fsp3) is 0.333. The summed E-state index contributed by atoms with van der Waals surface area (Å²) >= 11 is 0. The molecule has 1 atom stereocenters. The predicted octanol–water partition coefficient (Wildman–Crippen LogP) is 2.25. The molecule has 0 radical (unpaired) electrons. The number of benzene rings is 1. The van der Waals surface area contributed by atoms with Gasteiger partial charge >= 0.3 is 0 Å². The monoisotopic (exact) mass is 241 g/mol. The lowest BCUT2D eigenvalue weighted by Crippen LogP contribution is -2.33. The molecule has 18 heavy (non-hydrogen) atoms. The maximum Gasteiger partial charge on any atom is 0.0731 e. The van der Waals surface area contributed by atoms with Crippen LogP contribution >= 0.6 is 0 Å². The van der Waals surface area contributed by atoms with E-state index in [1.54, 1.807) is 0 Å². The summed E-state index contributed by atoms with van der Waals surface area (Å²) in [5.74, 6) is 0. The van der Waals surface area contributed by atoms with E-state index < -0.39 is 0 Å². The van der Waals surface area contributed by atoms with E-state index in [1.165, 1.54) is 16.9 Å². The third-order valence-corrected chi connectivity index (χ3v) is 3.60. The van der Waals surface area contributed by atoms with Gasteiger partial charge in [0.15, 0.2) is 0 Å². The molecule has 0 fully saturated rings. The molecule has 2 heterocycles. The van der Waals surface area contributed by atoms with Crippen molar-refractivity contribution in [2.75, 3.05) is 25.5 Å². The average molecular weight is 241 g/mol. The lowest BCUT2D eigenvalue weighted by Gasteiger charge is -2.27. The highest BCUT2D eigenvalue weighted by molar-refractivity contribution is 5.47. The molecule has 0 saturated heterocycles. The zero-order chi connectivity index (χ0) is 12.5. The van der Waals surface area contributed by atoms with Crippen molar-refractivity contribution >= 4 is 5.69 Å². The Morgan fingerprint density at radius 3 is 2.67 bits per heavy atom. The Balaban J connectivity index is 1.92. The van der Waals surface area contributed by atoms with Gasteiger partial charge in [-0.2, -0.15) is 0 Å². The van der Waals surface area contributed by atoms with Crippen molar-refractivity contribution in [3.63, 3.8) is 0 Å². The molecule has 1 aliphatic heterocycles. The van der Waals surface area contributed by atoms with Gasteiger partial charge in [0.1, 0.15) is 0 Å². The van der Waals surface area contributed by atoms with Crippen LogP contribution in [0.15, 0.2) is 42.6 Å². The Bertz CT molecular complexity index is 525. The Hall–Kier alpha value is -1.74. The number of anilines is 1. The van der Waals surface area contributed by atoms with Crippen LogP contribution in [0, 0.1) is 0 Å². The van der Waals surface area contributed by atoms with E-state index >= 15 is 0 Å². The molecule has 0 unspecified atom stereocenters. The number of aromatic nitrogens is 1. The topological polar surface area (TPSA) is 20.2 Å². The summed E-state index contributed by atoms with van der Waals surface area (Å²) in [6.07, 6.45) is 2.16. The first-order valence-electron chi connectivity index (χ1n) is 6.41. The minimum atomic E-state index is 0.324. The third kappa shape index (κ3) is 1.91. The van der Waals surface area contributed by atoms with E-state index in [1.807, 2.05) is 0 Å². The standard InChI is InChI=1S/C15H19N3/c1-17(2)13-7-5-12(6-8-13)15-14-4-3-10-18(14)11-9-16-15/h3-8,10,15-16H,9,11H2,1-2H3/t15-/m0/s1. The van der Waals surface area contributed by atoms with Gasteiger partial charge in [0.05, 0.1) is 6.04 Å². The molecular weight excluding hydrogens is 222 g/mol. The van der Waals surface area contributed by atoms with Crippen LogP contribution in [0.25, 0.3) is 0 Å². The van der Waals surface area contributed by atoms with E-state index in [4.69, 9.17) is 0 Å². The minimum absolute atomic E-state index is 0.324. The first-order chi connectivity index (χ1) is 8.75. The molecule has 0 aliphatic carbocycles. The van der Waals surface area contributed by atoms with E-state index in [0.717, 1.165) is 13.1 Å². The smallest absolute Gasteiger partial charge is 0.0731 e. The molecule has 2 aromatic rings. The van der Waals surface area contributed by atoms with Gasteiger partial charge in [-0.3, -0.25) is 0 Å². The van der Waals surface area contributed by atoms with Crippen molar-refractivity contribution < 1.29 is 0 Å². The summed E-state index contributed by atoms with van der Waals surface area (Å²) in [7, 11) is 4.14. The van der Waals surface area contributed by atoms with Crippen LogP contribution in [0.3, 0.4) is 0 Å². The number of hydrogen-bond donors (Lipinski definition) is 1. The van der Waals surface area contributed by atoms with Crippen molar-refractivity contribution in [1.29, 1.82) is 0 Å². The van der Waals surface area contributed by atoms with Gasteiger partial charge in [-0.25, -0.2) is 0 Å².